The predicted octanol–water partition coefficient (Wildman–Crippen LogP) is 3.31. The van der Waals surface area contributed by atoms with Crippen LogP contribution in [0.25, 0.3) is 10.9 Å². The summed E-state index contributed by atoms with van der Waals surface area (Å²) >= 11 is 0. The predicted molar refractivity (Wildman–Crippen MR) is 138 cm³/mol. The maximum Gasteiger partial charge on any atom is 0.283 e. The van der Waals surface area contributed by atoms with E-state index in [4.69, 9.17) is 4.74 Å². The largest absolute Gasteiger partial charge is 0.375 e. The quantitative estimate of drug-likeness (QED) is 0.497. The summed E-state index contributed by atoms with van der Waals surface area (Å²) < 4.78 is 60.2. The SMILES string of the molecule is CN(C)S(=O)(=O)c1ccc(S(=O)(=O)n2nc(N3CCC4(CC3)COC(C)(C)C4)c3ccccc32)cc1. The number of hydrogen-bond acceptors (Lipinski definition) is 7. The molecule has 9 nitrogen and oxygen atoms in total. The third-order valence-corrected chi connectivity index (χ3v) is 10.8. The standard InChI is InChI=1S/C25H32N4O5S2/c1-24(2)17-25(18-34-24)13-15-28(16-14-25)23-21-7-5-6-8-22(21)29(26-23)36(32,33)20-11-9-19(10-12-20)35(30,31)27(3)4/h5-12H,13-18H2,1-4H3. The van der Waals surface area contributed by atoms with Crippen LogP contribution in [0.1, 0.15) is 33.1 Å². The first kappa shape index (κ1) is 25.2. The minimum Gasteiger partial charge on any atom is -0.375 e. The van der Waals surface area contributed by atoms with E-state index in [0.717, 1.165) is 52.7 Å². The van der Waals surface area contributed by atoms with Gasteiger partial charge in [-0.2, -0.15) is 12.5 Å². The molecule has 0 radical (unpaired) electrons. The highest BCUT2D eigenvalue weighted by atomic mass is 32.2. The molecule has 2 aliphatic heterocycles. The Balaban J connectivity index is 1.48. The first-order valence-corrected chi connectivity index (χ1v) is 14.9. The van der Waals surface area contributed by atoms with Gasteiger partial charge in [0.15, 0.2) is 5.82 Å². The van der Waals surface area contributed by atoms with Gasteiger partial charge in [-0.25, -0.2) is 12.7 Å². The summed E-state index contributed by atoms with van der Waals surface area (Å²) in [5, 5.41) is 5.37. The van der Waals surface area contributed by atoms with Gasteiger partial charge in [-0.05, 0) is 74.9 Å². The molecule has 0 atom stereocenters. The number of hydrogen-bond donors (Lipinski definition) is 0. The molecule has 1 spiro atoms. The van der Waals surface area contributed by atoms with Crippen molar-refractivity contribution >= 4 is 36.8 Å². The van der Waals surface area contributed by atoms with Gasteiger partial charge in [0.1, 0.15) is 0 Å². The number of piperidine rings is 1. The van der Waals surface area contributed by atoms with E-state index in [1.54, 1.807) is 12.1 Å². The molecule has 0 unspecified atom stereocenters. The van der Waals surface area contributed by atoms with Crippen LogP contribution in [0.3, 0.4) is 0 Å². The van der Waals surface area contributed by atoms with E-state index in [-0.39, 0.29) is 20.8 Å². The molecule has 2 aromatic carbocycles. The van der Waals surface area contributed by atoms with Crippen molar-refractivity contribution in [2.75, 3.05) is 38.7 Å². The molecule has 3 heterocycles. The number of rotatable bonds is 5. The van der Waals surface area contributed by atoms with Crippen LogP contribution >= 0.6 is 0 Å². The second-order valence-corrected chi connectivity index (χ2v) is 14.6. The third kappa shape index (κ3) is 4.21. The Morgan fingerprint density at radius 2 is 1.53 bits per heavy atom. The van der Waals surface area contributed by atoms with Crippen molar-refractivity contribution in [3.8, 4) is 0 Å². The summed E-state index contributed by atoms with van der Waals surface area (Å²) in [6, 6.07) is 12.5. The summed E-state index contributed by atoms with van der Waals surface area (Å²) in [6.45, 7) is 6.58. The number of benzene rings is 2. The fourth-order valence-electron chi connectivity index (χ4n) is 5.40. The molecule has 0 saturated carbocycles. The Hall–Kier alpha value is -2.47. The summed E-state index contributed by atoms with van der Waals surface area (Å²) in [6.07, 6.45) is 2.95. The summed E-state index contributed by atoms with van der Waals surface area (Å²) in [5.41, 5.74) is 0.550. The lowest BCUT2D eigenvalue weighted by molar-refractivity contribution is 0.0295. The zero-order valence-corrected chi connectivity index (χ0v) is 22.6. The van der Waals surface area contributed by atoms with Crippen molar-refractivity contribution in [1.82, 2.24) is 13.5 Å². The van der Waals surface area contributed by atoms with Crippen LogP contribution in [-0.4, -0.2) is 69.7 Å². The fourth-order valence-corrected chi connectivity index (χ4v) is 7.59. The summed E-state index contributed by atoms with van der Waals surface area (Å²) in [4.78, 5) is 2.17. The highest BCUT2D eigenvalue weighted by Gasteiger charge is 2.46. The van der Waals surface area contributed by atoms with Gasteiger partial charge >= 0.3 is 0 Å². The van der Waals surface area contributed by atoms with Crippen LogP contribution in [0.2, 0.25) is 0 Å². The van der Waals surface area contributed by atoms with E-state index < -0.39 is 20.0 Å². The molecule has 36 heavy (non-hydrogen) atoms. The van der Waals surface area contributed by atoms with Crippen molar-refractivity contribution in [2.24, 2.45) is 5.41 Å². The highest BCUT2D eigenvalue weighted by Crippen LogP contribution is 2.47. The molecule has 11 heteroatoms. The number of anilines is 1. The Kier molecular flexibility index (Phi) is 5.98. The second kappa shape index (κ2) is 8.54. The zero-order chi connectivity index (χ0) is 25.9. The number of sulfonamides is 1. The molecular formula is C25H32N4O5S2. The lowest BCUT2D eigenvalue weighted by Crippen LogP contribution is -2.41. The molecule has 194 valence electrons. The normalized spacial score (nSPS) is 20.0. The van der Waals surface area contributed by atoms with E-state index in [0.29, 0.717) is 11.3 Å². The molecule has 5 rings (SSSR count). The van der Waals surface area contributed by atoms with Gasteiger partial charge in [-0.3, -0.25) is 0 Å². The number of para-hydroxylation sites is 1. The zero-order valence-electron chi connectivity index (χ0n) is 21.0. The Morgan fingerprint density at radius 1 is 0.917 bits per heavy atom. The van der Waals surface area contributed by atoms with Crippen LogP contribution in [0.4, 0.5) is 5.82 Å². The molecule has 1 aromatic heterocycles. The van der Waals surface area contributed by atoms with Crippen LogP contribution in [0, 0.1) is 5.41 Å². The van der Waals surface area contributed by atoms with Crippen molar-refractivity contribution in [3.63, 3.8) is 0 Å². The van der Waals surface area contributed by atoms with Gasteiger partial charge in [0.25, 0.3) is 10.0 Å². The van der Waals surface area contributed by atoms with Gasteiger partial charge < -0.3 is 9.64 Å². The van der Waals surface area contributed by atoms with Crippen LogP contribution < -0.4 is 4.90 Å². The molecule has 2 fully saturated rings. The molecule has 0 N–H and O–H groups in total. The first-order valence-electron chi connectivity index (χ1n) is 12.0. The molecule has 3 aromatic rings. The smallest absolute Gasteiger partial charge is 0.283 e. The number of aromatic nitrogens is 2. The minimum atomic E-state index is -4.05. The van der Waals surface area contributed by atoms with Crippen LogP contribution in [-0.2, 0) is 24.8 Å². The van der Waals surface area contributed by atoms with E-state index in [9.17, 15) is 16.8 Å². The van der Waals surface area contributed by atoms with Crippen molar-refractivity contribution in [1.29, 1.82) is 0 Å². The first-order chi connectivity index (χ1) is 16.8. The van der Waals surface area contributed by atoms with Gasteiger partial charge in [0.05, 0.1) is 27.5 Å². The third-order valence-electron chi connectivity index (χ3n) is 7.36. The van der Waals surface area contributed by atoms with Gasteiger partial charge in [-0.15, -0.1) is 5.10 Å². The maximum absolute atomic E-state index is 13.6. The average Bonchev–Trinajstić information content (AvgIpc) is 3.37. The summed E-state index contributed by atoms with van der Waals surface area (Å²) in [7, 11) is -4.86. The number of nitrogens with zero attached hydrogens (tertiary/aromatic N) is 4. The molecule has 2 saturated heterocycles. The van der Waals surface area contributed by atoms with Gasteiger partial charge in [0.2, 0.25) is 10.0 Å². The monoisotopic (exact) mass is 532 g/mol. The van der Waals surface area contributed by atoms with E-state index in [1.165, 1.54) is 38.4 Å². The second-order valence-electron chi connectivity index (χ2n) is 10.7. The molecular weight excluding hydrogens is 500 g/mol. The van der Waals surface area contributed by atoms with E-state index in [2.05, 4.69) is 23.8 Å². The Labute approximate surface area is 212 Å². The van der Waals surface area contributed by atoms with Crippen LogP contribution in [0.15, 0.2) is 58.3 Å². The lowest BCUT2D eigenvalue weighted by atomic mass is 9.74. The van der Waals surface area contributed by atoms with Crippen molar-refractivity contribution in [2.45, 2.75) is 48.5 Å². The average molecular weight is 533 g/mol. The molecule has 0 aliphatic carbocycles. The van der Waals surface area contributed by atoms with Gasteiger partial charge in [0, 0.05) is 32.6 Å². The number of ether oxygens (including phenoxy) is 1. The van der Waals surface area contributed by atoms with Crippen LogP contribution in [0.5, 0.6) is 0 Å². The summed E-state index contributed by atoms with van der Waals surface area (Å²) in [5.74, 6) is 0.647. The fraction of sp³-hybridized carbons (Fsp3) is 0.480. The van der Waals surface area contributed by atoms with Crippen molar-refractivity contribution in [3.05, 3.63) is 48.5 Å². The molecule has 0 amide bonds. The number of fused-ring (bicyclic) bond motifs is 1. The minimum absolute atomic E-state index is 0.0251. The molecule has 2 aliphatic rings. The van der Waals surface area contributed by atoms with E-state index >= 15 is 0 Å². The lowest BCUT2D eigenvalue weighted by Gasteiger charge is -2.39. The van der Waals surface area contributed by atoms with Gasteiger partial charge in [-0.1, -0.05) is 12.1 Å². The van der Waals surface area contributed by atoms with Crippen molar-refractivity contribution < 1.29 is 21.6 Å². The molecule has 0 bridgehead atoms. The maximum atomic E-state index is 13.6. The Morgan fingerprint density at radius 3 is 2.11 bits per heavy atom. The highest BCUT2D eigenvalue weighted by molar-refractivity contribution is 7.90. The van der Waals surface area contributed by atoms with E-state index in [1.807, 2.05) is 12.1 Å². The Bertz CT molecular complexity index is 1500. The topological polar surface area (TPSA) is 102 Å².